The predicted octanol–water partition coefficient (Wildman–Crippen LogP) is 2.33. The molecule has 0 saturated heterocycles. The largest absolute Gasteiger partial charge is 0.463 e. The van der Waals surface area contributed by atoms with E-state index >= 15 is 0 Å². The van der Waals surface area contributed by atoms with E-state index in [4.69, 9.17) is 4.42 Å². The quantitative estimate of drug-likeness (QED) is 0.823. The zero-order valence-electron chi connectivity index (χ0n) is 13.0. The number of nitrogens with one attached hydrogen (secondary N) is 1. The molecule has 0 aliphatic heterocycles. The third-order valence-corrected chi connectivity index (χ3v) is 3.46. The van der Waals surface area contributed by atoms with Crippen molar-refractivity contribution in [3.63, 3.8) is 0 Å². The summed E-state index contributed by atoms with van der Waals surface area (Å²) in [4.78, 5) is 16.1. The minimum atomic E-state index is -1.20. The van der Waals surface area contributed by atoms with Crippen LogP contribution in [0.4, 0.5) is 0 Å². The van der Waals surface area contributed by atoms with Gasteiger partial charge >= 0.3 is 0 Å². The van der Waals surface area contributed by atoms with Crippen LogP contribution in [-0.4, -0.2) is 22.5 Å². The Morgan fingerprint density at radius 3 is 2.82 bits per heavy atom. The van der Waals surface area contributed by atoms with Gasteiger partial charge in [0.25, 0.3) is 0 Å². The van der Waals surface area contributed by atoms with E-state index in [0.717, 1.165) is 24.3 Å². The highest BCUT2D eigenvalue weighted by Gasteiger charge is 2.27. The maximum atomic E-state index is 11.8. The first-order valence-electron chi connectivity index (χ1n) is 7.43. The number of hydrogen-bond acceptors (Lipinski definition) is 4. The van der Waals surface area contributed by atoms with E-state index in [0.29, 0.717) is 12.2 Å². The first kappa shape index (κ1) is 16.2. The lowest BCUT2D eigenvalue weighted by Gasteiger charge is -2.21. The Morgan fingerprint density at radius 1 is 1.36 bits per heavy atom. The molecule has 2 aromatic rings. The summed E-state index contributed by atoms with van der Waals surface area (Å²) in [5.74, 6) is 1.11. The average molecular weight is 302 g/mol. The summed E-state index contributed by atoms with van der Waals surface area (Å²) in [7, 11) is 0. The molecule has 0 saturated carbocycles. The monoisotopic (exact) mass is 302 g/mol. The zero-order valence-corrected chi connectivity index (χ0v) is 13.0. The molecule has 0 radical (unpaired) electrons. The van der Waals surface area contributed by atoms with Gasteiger partial charge in [0.2, 0.25) is 5.91 Å². The molecule has 0 aliphatic carbocycles. The van der Waals surface area contributed by atoms with E-state index in [1.807, 2.05) is 25.1 Å². The van der Waals surface area contributed by atoms with E-state index in [9.17, 15) is 9.90 Å². The normalized spacial score (nSPS) is 13.6. The molecule has 1 unspecified atom stereocenters. The van der Waals surface area contributed by atoms with Crippen LogP contribution in [0.1, 0.15) is 37.0 Å². The second-order valence-electron chi connectivity index (χ2n) is 5.64. The van der Waals surface area contributed by atoms with Gasteiger partial charge < -0.3 is 14.8 Å². The Labute approximate surface area is 130 Å². The van der Waals surface area contributed by atoms with Gasteiger partial charge in [0.05, 0.1) is 6.54 Å². The number of furan rings is 1. The third kappa shape index (κ3) is 4.70. The van der Waals surface area contributed by atoms with Crippen molar-refractivity contribution < 1.29 is 14.3 Å². The number of aromatic nitrogens is 1. The van der Waals surface area contributed by atoms with Crippen molar-refractivity contribution in [3.05, 3.63) is 53.7 Å². The standard InChI is InChI=1S/C17H22N2O3/c1-13-9-10-15(22-13)17(2,21)12-19-16(20)8-5-7-14-6-3-4-11-18-14/h3-4,6,9-11,21H,5,7-8,12H2,1-2H3,(H,19,20). The fourth-order valence-corrected chi connectivity index (χ4v) is 2.15. The van der Waals surface area contributed by atoms with Crippen molar-refractivity contribution in [1.29, 1.82) is 0 Å². The van der Waals surface area contributed by atoms with Gasteiger partial charge in [-0.15, -0.1) is 0 Å². The van der Waals surface area contributed by atoms with Gasteiger partial charge in [-0.2, -0.15) is 0 Å². The molecule has 1 atom stereocenters. The Morgan fingerprint density at radius 2 is 2.18 bits per heavy atom. The fourth-order valence-electron chi connectivity index (χ4n) is 2.15. The molecule has 5 nitrogen and oxygen atoms in total. The summed E-state index contributed by atoms with van der Waals surface area (Å²) in [5, 5.41) is 13.1. The predicted molar refractivity (Wildman–Crippen MR) is 83.2 cm³/mol. The van der Waals surface area contributed by atoms with Crippen molar-refractivity contribution in [1.82, 2.24) is 10.3 Å². The molecule has 2 N–H and O–H groups in total. The molecular weight excluding hydrogens is 280 g/mol. The van der Waals surface area contributed by atoms with Crippen LogP contribution in [0.15, 0.2) is 40.9 Å². The minimum Gasteiger partial charge on any atom is -0.463 e. The lowest BCUT2D eigenvalue weighted by molar-refractivity contribution is -0.122. The van der Waals surface area contributed by atoms with E-state index in [1.54, 1.807) is 25.3 Å². The van der Waals surface area contributed by atoms with Gasteiger partial charge in [-0.1, -0.05) is 6.07 Å². The number of amides is 1. The van der Waals surface area contributed by atoms with Crippen LogP contribution < -0.4 is 5.32 Å². The summed E-state index contributed by atoms with van der Waals surface area (Å²) in [6.07, 6.45) is 3.65. The van der Waals surface area contributed by atoms with Crippen molar-refractivity contribution in [2.24, 2.45) is 0 Å². The molecule has 0 bridgehead atoms. The topological polar surface area (TPSA) is 75.4 Å². The molecule has 0 aliphatic rings. The molecule has 2 aromatic heterocycles. The summed E-state index contributed by atoms with van der Waals surface area (Å²) in [6, 6.07) is 9.27. The number of hydrogen-bond donors (Lipinski definition) is 2. The molecule has 5 heteroatoms. The molecule has 2 heterocycles. The first-order valence-corrected chi connectivity index (χ1v) is 7.43. The second-order valence-corrected chi connectivity index (χ2v) is 5.64. The third-order valence-electron chi connectivity index (χ3n) is 3.46. The maximum Gasteiger partial charge on any atom is 0.220 e. The van der Waals surface area contributed by atoms with Crippen molar-refractivity contribution in [2.45, 2.75) is 38.7 Å². The van der Waals surface area contributed by atoms with Gasteiger partial charge in [-0.25, -0.2) is 0 Å². The van der Waals surface area contributed by atoms with Crippen LogP contribution in [0.25, 0.3) is 0 Å². The number of nitrogens with zero attached hydrogens (tertiary/aromatic N) is 1. The highest BCUT2D eigenvalue weighted by Crippen LogP contribution is 2.21. The smallest absolute Gasteiger partial charge is 0.220 e. The fraction of sp³-hybridized carbons (Fsp3) is 0.412. The molecule has 118 valence electrons. The summed E-state index contributed by atoms with van der Waals surface area (Å²) in [6.45, 7) is 3.57. The highest BCUT2D eigenvalue weighted by atomic mass is 16.4. The second kappa shape index (κ2) is 7.22. The Hall–Kier alpha value is -2.14. The number of aryl methyl sites for hydroxylation is 2. The van der Waals surface area contributed by atoms with E-state index in [2.05, 4.69) is 10.3 Å². The molecule has 0 spiro atoms. The highest BCUT2D eigenvalue weighted by molar-refractivity contribution is 5.75. The lowest BCUT2D eigenvalue weighted by Crippen LogP contribution is -2.38. The molecule has 2 rings (SSSR count). The zero-order chi connectivity index (χ0) is 16.0. The summed E-state index contributed by atoms with van der Waals surface area (Å²) in [5.41, 5.74) is -0.224. The Balaban J connectivity index is 1.73. The lowest BCUT2D eigenvalue weighted by atomic mass is 10.0. The van der Waals surface area contributed by atoms with E-state index in [-0.39, 0.29) is 12.5 Å². The summed E-state index contributed by atoms with van der Waals surface area (Å²) < 4.78 is 5.41. The number of pyridine rings is 1. The van der Waals surface area contributed by atoms with Crippen LogP contribution >= 0.6 is 0 Å². The Bertz CT molecular complexity index is 605. The molecule has 0 aromatic carbocycles. The van der Waals surface area contributed by atoms with E-state index < -0.39 is 5.60 Å². The SMILES string of the molecule is Cc1ccc(C(C)(O)CNC(=O)CCCc2ccccn2)o1. The van der Waals surface area contributed by atoms with Crippen molar-refractivity contribution in [2.75, 3.05) is 6.54 Å². The molecule has 22 heavy (non-hydrogen) atoms. The molecule has 1 amide bonds. The summed E-state index contributed by atoms with van der Waals surface area (Å²) >= 11 is 0. The van der Waals surface area contributed by atoms with Crippen LogP contribution in [0.5, 0.6) is 0 Å². The minimum absolute atomic E-state index is 0.0838. The number of carbonyl (C=O) groups excluding carboxylic acids is 1. The Kier molecular flexibility index (Phi) is 5.33. The van der Waals surface area contributed by atoms with Crippen molar-refractivity contribution >= 4 is 5.91 Å². The first-order chi connectivity index (χ1) is 10.5. The van der Waals surface area contributed by atoms with E-state index in [1.165, 1.54) is 0 Å². The van der Waals surface area contributed by atoms with Crippen LogP contribution in [0.3, 0.4) is 0 Å². The van der Waals surface area contributed by atoms with Gasteiger partial charge in [-0.3, -0.25) is 9.78 Å². The maximum absolute atomic E-state index is 11.8. The van der Waals surface area contributed by atoms with Gasteiger partial charge in [0.1, 0.15) is 17.1 Å². The number of rotatable bonds is 7. The van der Waals surface area contributed by atoms with Crippen LogP contribution in [-0.2, 0) is 16.8 Å². The van der Waals surface area contributed by atoms with Crippen LogP contribution in [0, 0.1) is 6.92 Å². The van der Waals surface area contributed by atoms with Gasteiger partial charge in [0, 0.05) is 18.3 Å². The van der Waals surface area contributed by atoms with Crippen LogP contribution in [0.2, 0.25) is 0 Å². The van der Waals surface area contributed by atoms with Gasteiger partial charge in [0.15, 0.2) is 0 Å². The molecular formula is C17H22N2O3. The number of aliphatic hydroxyl groups is 1. The number of carbonyl (C=O) groups is 1. The molecule has 0 fully saturated rings. The average Bonchev–Trinajstić information content (AvgIpc) is 2.94. The van der Waals surface area contributed by atoms with Crippen molar-refractivity contribution in [3.8, 4) is 0 Å². The van der Waals surface area contributed by atoms with Gasteiger partial charge in [-0.05, 0) is 51.0 Å².